The van der Waals surface area contributed by atoms with E-state index < -0.39 is 5.60 Å². The molecule has 0 aliphatic carbocycles. The summed E-state index contributed by atoms with van der Waals surface area (Å²) in [5.41, 5.74) is -0.872. The summed E-state index contributed by atoms with van der Waals surface area (Å²) < 4.78 is 5.49. The lowest BCUT2D eigenvalue weighted by Gasteiger charge is -2.43. The maximum Gasteiger partial charge on any atom is 0.236 e. The van der Waals surface area contributed by atoms with Gasteiger partial charge in [0.2, 0.25) is 5.91 Å². The molecular weight excluding hydrogens is 316 g/mol. The first-order valence-corrected chi connectivity index (χ1v) is 9.74. The zero-order valence-corrected chi connectivity index (χ0v) is 15.4. The van der Waals surface area contributed by atoms with E-state index in [2.05, 4.69) is 23.6 Å². The first-order chi connectivity index (χ1) is 11.9. The quantitative estimate of drug-likeness (QED) is 0.914. The maximum atomic E-state index is 12.9. The Kier molecular flexibility index (Phi) is 4.40. The van der Waals surface area contributed by atoms with Crippen molar-refractivity contribution in [3.63, 3.8) is 0 Å². The normalized spacial score (nSPS) is 38.9. The summed E-state index contributed by atoms with van der Waals surface area (Å²) in [5.74, 6) is 2.12. The van der Waals surface area contributed by atoms with E-state index in [1.807, 2.05) is 12.1 Å². The number of nitrogens with zero attached hydrogens (tertiary/aromatic N) is 2. The van der Waals surface area contributed by atoms with Gasteiger partial charge in [0.15, 0.2) is 0 Å². The molecule has 4 rings (SSSR count). The molecule has 138 valence electrons. The monoisotopic (exact) mass is 346 g/mol. The van der Waals surface area contributed by atoms with E-state index in [4.69, 9.17) is 4.42 Å². The molecule has 3 fully saturated rings. The van der Waals surface area contributed by atoms with Gasteiger partial charge in [-0.05, 0) is 56.1 Å². The highest BCUT2D eigenvalue weighted by Gasteiger charge is 2.50. The Labute approximate surface area is 150 Å². The molecule has 3 aliphatic heterocycles. The summed E-state index contributed by atoms with van der Waals surface area (Å²) >= 11 is 0. The third-order valence-corrected chi connectivity index (χ3v) is 6.44. The van der Waals surface area contributed by atoms with Crippen LogP contribution in [0.25, 0.3) is 0 Å². The Hall–Kier alpha value is -1.33. The molecule has 3 aliphatic rings. The second-order valence-corrected chi connectivity index (χ2v) is 8.72. The Balaban J connectivity index is 1.42. The van der Waals surface area contributed by atoms with Gasteiger partial charge in [-0.1, -0.05) is 13.8 Å². The van der Waals surface area contributed by atoms with Crippen LogP contribution in [0.15, 0.2) is 22.8 Å². The number of likely N-dealkylation sites (tertiary alicyclic amines) is 1. The van der Waals surface area contributed by atoms with E-state index >= 15 is 0 Å². The van der Waals surface area contributed by atoms with Crippen molar-refractivity contribution in [3.8, 4) is 0 Å². The minimum absolute atomic E-state index is 0.263. The molecule has 3 saturated heterocycles. The Morgan fingerprint density at radius 2 is 1.88 bits per heavy atom. The van der Waals surface area contributed by atoms with Crippen molar-refractivity contribution in [2.24, 2.45) is 11.8 Å². The number of aliphatic hydroxyl groups is 1. The summed E-state index contributed by atoms with van der Waals surface area (Å²) in [6.07, 6.45) is 6.30. The predicted octanol–water partition coefficient (Wildman–Crippen LogP) is 2.60. The third kappa shape index (κ3) is 3.24. The number of amides is 1. The van der Waals surface area contributed by atoms with Gasteiger partial charge in [0.25, 0.3) is 0 Å². The van der Waals surface area contributed by atoms with Gasteiger partial charge in [-0.15, -0.1) is 0 Å². The van der Waals surface area contributed by atoms with Gasteiger partial charge in [-0.2, -0.15) is 0 Å². The van der Waals surface area contributed by atoms with Crippen LogP contribution in [0.3, 0.4) is 0 Å². The SMILES string of the molecule is C[C@H]1C[C@H](C)CN(C(=O)CN2[C@H]3CC[C@H]2CC(O)(c2ccco2)C3)C1. The molecule has 1 aromatic heterocycles. The van der Waals surface area contributed by atoms with E-state index in [9.17, 15) is 9.90 Å². The highest BCUT2D eigenvalue weighted by Crippen LogP contribution is 2.45. The fourth-order valence-corrected chi connectivity index (χ4v) is 5.44. The number of fused-ring (bicyclic) bond motifs is 2. The van der Waals surface area contributed by atoms with Crippen molar-refractivity contribution in [1.82, 2.24) is 9.80 Å². The molecule has 2 bridgehead atoms. The number of carbonyl (C=O) groups is 1. The van der Waals surface area contributed by atoms with Gasteiger partial charge in [-0.3, -0.25) is 9.69 Å². The van der Waals surface area contributed by atoms with Crippen LogP contribution in [0.1, 0.15) is 51.7 Å². The second-order valence-electron chi connectivity index (χ2n) is 8.72. The van der Waals surface area contributed by atoms with E-state index in [1.165, 1.54) is 6.42 Å². The summed E-state index contributed by atoms with van der Waals surface area (Å²) in [7, 11) is 0. The number of hydrogen-bond donors (Lipinski definition) is 1. The molecule has 5 nitrogen and oxygen atoms in total. The molecular formula is C20H30N2O3. The number of furan rings is 1. The lowest BCUT2D eigenvalue weighted by atomic mass is 9.84. The fourth-order valence-electron chi connectivity index (χ4n) is 5.44. The Morgan fingerprint density at radius 3 is 2.44 bits per heavy atom. The minimum Gasteiger partial charge on any atom is -0.466 e. The van der Waals surface area contributed by atoms with Crippen LogP contribution in [-0.4, -0.2) is 52.5 Å². The summed E-state index contributed by atoms with van der Waals surface area (Å²) in [6.45, 7) is 6.77. The fraction of sp³-hybridized carbons (Fsp3) is 0.750. The summed E-state index contributed by atoms with van der Waals surface area (Å²) in [5, 5.41) is 11.1. The highest BCUT2D eigenvalue weighted by molar-refractivity contribution is 5.78. The smallest absolute Gasteiger partial charge is 0.236 e. The van der Waals surface area contributed by atoms with Crippen molar-refractivity contribution in [1.29, 1.82) is 0 Å². The van der Waals surface area contributed by atoms with Gasteiger partial charge in [0.1, 0.15) is 11.4 Å². The molecule has 0 spiro atoms. The third-order valence-electron chi connectivity index (χ3n) is 6.44. The molecule has 0 unspecified atom stereocenters. The molecule has 5 heteroatoms. The Bertz CT molecular complexity index is 590. The Morgan fingerprint density at radius 1 is 1.24 bits per heavy atom. The van der Waals surface area contributed by atoms with Crippen molar-refractivity contribution in [2.45, 2.75) is 63.6 Å². The largest absolute Gasteiger partial charge is 0.466 e. The molecule has 0 radical (unpaired) electrons. The lowest BCUT2D eigenvalue weighted by molar-refractivity contribution is -0.139. The zero-order chi connectivity index (χ0) is 17.6. The molecule has 0 aromatic carbocycles. The number of piperidine rings is 2. The van der Waals surface area contributed by atoms with Gasteiger partial charge < -0.3 is 14.4 Å². The number of rotatable bonds is 3. The second kappa shape index (κ2) is 6.44. The number of hydrogen-bond acceptors (Lipinski definition) is 4. The molecule has 1 N–H and O–H groups in total. The molecule has 4 atom stereocenters. The van der Waals surface area contributed by atoms with Crippen LogP contribution < -0.4 is 0 Å². The molecule has 1 amide bonds. The van der Waals surface area contributed by atoms with Crippen LogP contribution in [0.2, 0.25) is 0 Å². The lowest BCUT2D eigenvalue weighted by Crippen LogP contribution is -2.54. The van der Waals surface area contributed by atoms with Crippen molar-refractivity contribution >= 4 is 5.91 Å². The van der Waals surface area contributed by atoms with Gasteiger partial charge in [0, 0.05) is 25.2 Å². The van der Waals surface area contributed by atoms with Gasteiger partial charge in [-0.25, -0.2) is 0 Å². The molecule has 4 heterocycles. The standard InChI is InChI=1S/C20H30N2O3/c1-14-8-15(2)12-21(11-14)19(23)13-22-16-5-6-17(22)10-20(24,9-16)18-4-3-7-25-18/h3-4,7,14-17,24H,5-6,8-13H2,1-2H3/t14-,15-,16-,17-/m0/s1. The first-order valence-electron chi connectivity index (χ1n) is 9.74. The van der Waals surface area contributed by atoms with Crippen LogP contribution in [0, 0.1) is 11.8 Å². The van der Waals surface area contributed by atoms with Gasteiger partial charge in [0.05, 0.1) is 12.8 Å². The van der Waals surface area contributed by atoms with E-state index in [0.29, 0.717) is 37.0 Å². The van der Waals surface area contributed by atoms with E-state index in [0.717, 1.165) is 25.9 Å². The molecule has 1 aromatic rings. The molecule has 0 saturated carbocycles. The van der Waals surface area contributed by atoms with Crippen LogP contribution in [-0.2, 0) is 10.4 Å². The summed E-state index contributed by atoms with van der Waals surface area (Å²) in [4.78, 5) is 17.3. The summed E-state index contributed by atoms with van der Waals surface area (Å²) in [6, 6.07) is 4.26. The van der Waals surface area contributed by atoms with E-state index in [-0.39, 0.29) is 18.0 Å². The van der Waals surface area contributed by atoms with Crippen molar-refractivity contribution < 1.29 is 14.3 Å². The average Bonchev–Trinajstić information content (AvgIpc) is 3.16. The number of carbonyl (C=O) groups excluding carboxylic acids is 1. The maximum absolute atomic E-state index is 12.9. The van der Waals surface area contributed by atoms with Crippen molar-refractivity contribution in [2.75, 3.05) is 19.6 Å². The predicted molar refractivity (Wildman–Crippen MR) is 94.9 cm³/mol. The van der Waals surface area contributed by atoms with E-state index in [1.54, 1.807) is 6.26 Å². The van der Waals surface area contributed by atoms with Crippen LogP contribution in [0.4, 0.5) is 0 Å². The van der Waals surface area contributed by atoms with Crippen molar-refractivity contribution in [3.05, 3.63) is 24.2 Å². The van der Waals surface area contributed by atoms with Crippen LogP contribution >= 0.6 is 0 Å². The topological polar surface area (TPSA) is 56.9 Å². The zero-order valence-electron chi connectivity index (χ0n) is 15.4. The highest BCUT2D eigenvalue weighted by atomic mass is 16.4. The minimum atomic E-state index is -0.872. The molecule has 25 heavy (non-hydrogen) atoms. The average molecular weight is 346 g/mol. The van der Waals surface area contributed by atoms with Gasteiger partial charge >= 0.3 is 0 Å². The van der Waals surface area contributed by atoms with Crippen LogP contribution in [0.5, 0.6) is 0 Å². The first kappa shape index (κ1) is 17.1.